The van der Waals surface area contributed by atoms with Gasteiger partial charge in [0.2, 0.25) is 5.82 Å². The van der Waals surface area contributed by atoms with Gasteiger partial charge in [0.1, 0.15) is 16.0 Å². The highest BCUT2D eigenvalue weighted by atomic mass is 32.2. The van der Waals surface area contributed by atoms with Gasteiger partial charge < -0.3 is 15.7 Å². The molecule has 0 bridgehead atoms. The summed E-state index contributed by atoms with van der Waals surface area (Å²) >= 11 is 0. The predicted octanol–water partition coefficient (Wildman–Crippen LogP) is 2.35. The maximum atomic E-state index is 11.1. The summed E-state index contributed by atoms with van der Waals surface area (Å²) in [4.78, 5) is 14.5. The van der Waals surface area contributed by atoms with Crippen molar-refractivity contribution in [2.45, 2.75) is 86.3 Å². The summed E-state index contributed by atoms with van der Waals surface area (Å²) in [5, 5.41) is 42.8. The Labute approximate surface area is 360 Å². The Hall–Kier alpha value is -6.22. The Morgan fingerprint density at radius 3 is 1.74 bits per heavy atom. The number of hydrogen-bond donors (Lipinski definition) is 3. The highest BCUT2D eigenvalue weighted by molar-refractivity contribution is 7.91. The Bertz CT molecular complexity index is 2660. The number of aromatic nitrogens is 8. The number of carbonyl (C=O) groups excluding carboxylic acids is 1. The zero-order valence-electron chi connectivity index (χ0n) is 34.7. The largest absolute Gasteiger partial charge is 0.858 e. The second kappa shape index (κ2) is 18.0. The smallest absolute Gasteiger partial charge is 0.282 e. The first-order valence-electron chi connectivity index (χ1n) is 20.1. The van der Waals surface area contributed by atoms with Crippen molar-refractivity contribution < 1.29 is 32.1 Å². The number of hydrogen-bond acceptors (Lipinski definition) is 13. The molecule has 62 heavy (non-hydrogen) atoms. The molecule has 20 heteroatoms. The number of benzene rings is 4. The summed E-state index contributed by atoms with van der Waals surface area (Å²) in [6.45, 7) is 10.7. The van der Waals surface area contributed by atoms with E-state index in [0.29, 0.717) is 6.04 Å². The van der Waals surface area contributed by atoms with Crippen LogP contribution in [-0.2, 0) is 31.1 Å². The van der Waals surface area contributed by atoms with Gasteiger partial charge in [-0.3, -0.25) is 4.79 Å². The molecule has 1 amide bonds. The van der Waals surface area contributed by atoms with Crippen LogP contribution in [0.2, 0.25) is 0 Å². The van der Waals surface area contributed by atoms with Crippen molar-refractivity contribution in [2.24, 2.45) is 4.40 Å². The quantitative estimate of drug-likeness (QED) is 0.218. The summed E-state index contributed by atoms with van der Waals surface area (Å²) in [6, 6.07) is 33.3. The second-order valence-corrected chi connectivity index (χ2v) is 19.2. The Morgan fingerprint density at radius 2 is 1.21 bits per heavy atom. The first-order valence-corrected chi connectivity index (χ1v) is 23.1. The maximum absolute atomic E-state index is 11.1. The van der Waals surface area contributed by atoms with Crippen LogP contribution < -0.4 is 20.5 Å². The van der Waals surface area contributed by atoms with Gasteiger partial charge in [0, 0.05) is 24.3 Å². The molecule has 2 fully saturated rings. The Balaban J connectivity index is 0.000000127. The summed E-state index contributed by atoms with van der Waals surface area (Å²) in [7, 11) is -7.23. The van der Waals surface area contributed by atoms with E-state index >= 15 is 0 Å². The van der Waals surface area contributed by atoms with Gasteiger partial charge in [-0.2, -0.15) is 22.4 Å². The number of nitrogens with zero attached hydrogens (tertiary/aromatic N) is 9. The number of fused-ring (bicyclic) bond motifs is 2. The lowest BCUT2D eigenvalue weighted by Gasteiger charge is -2.23. The second-order valence-electron chi connectivity index (χ2n) is 15.9. The normalized spacial score (nSPS) is 19.3. The van der Waals surface area contributed by atoms with E-state index in [2.05, 4.69) is 97.8 Å². The number of carbonyl (C=O) groups is 1. The van der Waals surface area contributed by atoms with Crippen LogP contribution in [-0.4, -0.2) is 82.1 Å². The lowest BCUT2D eigenvalue weighted by Crippen LogP contribution is -2.82. The number of rotatable bonds is 6. The molecule has 0 aliphatic carbocycles. The van der Waals surface area contributed by atoms with Gasteiger partial charge in [-0.05, 0) is 86.8 Å². The average Bonchev–Trinajstić information content (AvgIpc) is 4.14. The minimum absolute atomic E-state index is 0.00926. The number of nitrogens with one attached hydrogen (secondary N) is 2. The van der Waals surface area contributed by atoms with E-state index in [0.717, 1.165) is 31.0 Å². The number of amides is 1. The molecule has 10 rings (SSSR count). The van der Waals surface area contributed by atoms with Crippen molar-refractivity contribution in [3.8, 4) is 0 Å². The molecule has 4 aromatic carbocycles. The summed E-state index contributed by atoms with van der Waals surface area (Å²) in [5.41, 5.74) is 2.19. The van der Waals surface area contributed by atoms with Gasteiger partial charge in [0.05, 0.1) is 23.0 Å². The highest BCUT2D eigenvalue weighted by Crippen LogP contribution is 2.27. The molecule has 6 heterocycles. The van der Waals surface area contributed by atoms with Crippen molar-refractivity contribution in [2.75, 3.05) is 13.1 Å². The molecule has 0 unspecified atom stereocenters. The fourth-order valence-corrected chi connectivity index (χ4v) is 9.52. The minimum Gasteiger partial charge on any atom is -0.858 e. The number of nitrogens with two attached hydrogens (primary N) is 1. The molecule has 4 N–H and O–H groups in total. The van der Waals surface area contributed by atoms with E-state index in [1.54, 1.807) is 33.9 Å². The van der Waals surface area contributed by atoms with Crippen LogP contribution in [0.3, 0.4) is 0 Å². The van der Waals surface area contributed by atoms with Crippen LogP contribution in [0.25, 0.3) is 0 Å². The van der Waals surface area contributed by atoms with Crippen molar-refractivity contribution in [1.82, 2.24) is 50.5 Å². The van der Waals surface area contributed by atoms with E-state index in [9.17, 15) is 26.7 Å². The van der Waals surface area contributed by atoms with Crippen LogP contribution in [0.4, 0.5) is 0 Å². The van der Waals surface area contributed by atoms with Gasteiger partial charge in [-0.1, -0.05) is 91.0 Å². The molecule has 0 saturated carbocycles. The van der Waals surface area contributed by atoms with Gasteiger partial charge >= 0.3 is 0 Å². The lowest BCUT2D eigenvalue weighted by molar-refractivity contribution is -0.677. The zero-order chi connectivity index (χ0) is 44.1. The van der Waals surface area contributed by atoms with Crippen molar-refractivity contribution in [3.05, 3.63) is 143 Å². The van der Waals surface area contributed by atoms with Crippen LogP contribution >= 0.6 is 0 Å². The molecule has 2 atom stereocenters. The molecule has 4 aliphatic rings. The first kappa shape index (κ1) is 43.9. The molecule has 2 saturated heterocycles. The molecule has 2 aromatic heterocycles. The van der Waals surface area contributed by atoms with Gasteiger partial charge in [-0.25, -0.2) is 13.1 Å². The van der Waals surface area contributed by atoms with Crippen LogP contribution in [0.5, 0.6) is 0 Å². The third-order valence-electron chi connectivity index (χ3n) is 10.9. The van der Waals surface area contributed by atoms with E-state index in [4.69, 9.17) is 0 Å². The molecule has 4 aliphatic heterocycles. The average molecular weight is 881 g/mol. The standard InChI is InChI=1S/2C14H19N5.2C7H5NO3S/c2*1-14(2,11-7-4-3-5-8-11)19-17-13(16-18-19)12-9-6-10-15-12;2*9-7-5-3-1-2-4-6(5)12(10,11)8-7/h2*3-5,7-8,12,15H,6,9-10H2,1-2H3;2*1-4H,(H,8,9)/t2*12-;;/m11../s1. The van der Waals surface area contributed by atoms with Gasteiger partial charge in [-0.15, -0.1) is 20.4 Å². The van der Waals surface area contributed by atoms with E-state index in [1.807, 2.05) is 41.1 Å². The SMILES string of the molecule is CC(C)(c1ccccc1)n1nnc([C@H]2CCCN2)n1.CC(C)(c1ccccc1)n1nnc([C@H]2CCC[NH2+]2)n1.O=C1NS(=O)(=O)c2ccccc21.O=S1(=O)N=C([O-])c2ccccc21. The van der Waals surface area contributed by atoms with Crippen molar-refractivity contribution in [1.29, 1.82) is 0 Å². The van der Waals surface area contributed by atoms with Gasteiger partial charge in [0.15, 0.2) is 11.9 Å². The van der Waals surface area contributed by atoms with Crippen molar-refractivity contribution in [3.63, 3.8) is 0 Å². The Kier molecular flexibility index (Phi) is 12.7. The summed E-state index contributed by atoms with van der Waals surface area (Å²) in [5.74, 6) is 0.444. The fraction of sp³-hybridized carbons (Fsp3) is 0.333. The highest BCUT2D eigenvalue weighted by Gasteiger charge is 2.33. The molecule has 0 radical (unpaired) electrons. The molecular formula is C42H48N12O6S2. The first-order chi connectivity index (χ1) is 29.6. The third-order valence-corrected chi connectivity index (χ3v) is 13.6. The van der Waals surface area contributed by atoms with Gasteiger partial charge in [0.25, 0.3) is 26.0 Å². The number of quaternary nitrogens is 1. The molecule has 6 aromatic rings. The van der Waals surface area contributed by atoms with Crippen molar-refractivity contribution >= 4 is 31.9 Å². The van der Waals surface area contributed by atoms with Crippen LogP contribution in [0, 0.1) is 0 Å². The lowest BCUT2D eigenvalue weighted by atomic mass is 9.95. The molecular weight excluding hydrogens is 833 g/mol. The number of sulfonamides is 2. The fourth-order valence-electron chi connectivity index (χ4n) is 7.25. The van der Waals surface area contributed by atoms with Crippen LogP contribution in [0.15, 0.2) is 123 Å². The monoisotopic (exact) mass is 880 g/mol. The molecule has 324 valence electrons. The minimum atomic E-state index is -3.68. The maximum Gasteiger partial charge on any atom is 0.282 e. The Morgan fingerprint density at radius 1 is 0.677 bits per heavy atom. The summed E-state index contributed by atoms with van der Waals surface area (Å²) < 4.78 is 49.3. The van der Waals surface area contributed by atoms with E-state index in [1.165, 1.54) is 54.8 Å². The van der Waals surface area contributed by atoms with E-state index < -0.39 is 31.9 Å². The molecule has 18 nitrogen and oxygen atoms in total. The third kappa shape index (κ3) is 9.47. The zero-order valence-corrected chi connectivity index (χ0v) is 36.3. The summed E-state index contributed by atoms with van der Waals surface area (Å²) in [6.07, 6.45) is 4.66. The van der Waals surface area contributed by atoms with Crippen LogP contribution in [0.1, 0.15) is 104 Å². The van der Waals surface area contributed by atoms with E-state index in [-0.39, 0.29) is 38.0 Å². The predicted molar refractivity (Wildman–Crippen MR) is 225 cm³/mol. The molecule has 0 spiro atoms. The number of tetrazole rings is 2. The topological polar surface area (TPSA) is 249 Å².